The van der Waals surface area contributed by atoms with E-state index in [0.29, 0.717) is 19.3 Å². The summed E-state index contributed by atoms with van der Waals surface area (Å²) in [5.41, 5.74) is 0. The monoisotopic (exact) mass is 1430 g/mol. The van der Waals surface area contributed by atoms with E-state index in [1.165, 1.54) is 83.5 Å². The Labute approximate surface area is 601 Å². The number of hydrogen-bond acceptors (Lipinski definition) is 14. The van der Waals surface area contributed by atoms with Crippen molar-refractivity contribution in [2.75, 3.05) is 39.6 Å². The third kappa shape index (κ3) is 74.7. The fourth-order valence-corrected chi connectivity index (χ4v) is 11.5. The molecule has 0 rings (SSSR count). The van der Waals surface area contributed by atoms with E-state index in [1.807, 2.05) is 0 Å². The Morgan fingerprint density at radius 2 is 0.545 bits per heavy atom. The number of carbonyl (C=O) groups excluding carboxylic acids is 3. The van der Waals surface area contributed by atoms with Crippen LogP contribution < -0.4 is 0 Å². The molecule has 0 aliphatic heterocycles. The zero-order valence-corrected chi connectivity index (χ0v) is 63.7. The first kappa shape index (κ1) is 94.7. The number of aliphatic hydroxyl groups excluding tert-OH is 2. The molecule has 18 heteroatoms. The average molecular weight is 1430 g/mol. The van der Waals surface area contributed by atoms with E-state index in [9.17, 15) is 43.5 Å². The van der Waals surface area contributed by atoms with Gasteiger partial charge in [-0.3, -0.25) is 32.5 Å². The minimum absolute atomic E-state index is 0.0873. The molecule has 0 aromatic rings. The van der Waals surface area contributed by atoms with Gasteiger partial charge < -0.3 is 34.2 Å². The van der Waals surface area contributed by atoms with Crippen molar-refractivity contribution < 1.29 is 75.8 Å². The molecule has 16 nitrogen and oxygen atoms in total. The molecule has 0 spiro atoms. The third-order valence-electron chi connectivity index (χ3n) is 15.8. The first-order chi connectivity index (χ1) is 48.2. The van der Waals surface area contributed by atoms with Gasteiger partial charge in [0, 0.05) is 19.3 Å². The number of carbonyl (C=O) groups is 3. The summed E-state index contributed by atoms with van der Waals surface area (Å²) in [6.45, 7) is 2.46. The summed E-state index contributed by atoms with van der Waals surface area (Å²) in [5, 5.41) is 20.6. The van der Waals surface area contributed by atoms with Gasteiger partial charge in [0.25, 0.3) is 0 Å². The zero-order chi connectivity index (χ0) is 72.3. The van der Waals surface area contributed by atoms with Crippen molar-refractivity contribution in [2.45, 2.75) is 322 Å². The van der Waals surface area contributed by atoms with Crippen LogP contribution in [0.2, 0.25) is 0 Å². The number of rotatable bonds is 72. The number of allylic oxidation sites excluding steroid dienone is 22. The lowest BCUT2D eigenvalue weighted by atomic mass is 10.0. The summed E-state index contributed by atoms with van der Waals surface area (Å²) < 4.78 is 61.0. The quantitative estimate of drug-likeness (QED) is 0.0146. The maximum absolute atomic E-state index is 12.9. The van der Waals surface area contributed by atoms with Crippen molar-refractivity contribution in [3.8, 4) is 0 Å². The highest BCUT2D eigenvalue weighted by atomic mass is 31.2. The lowest BCUT2D eigenvalue weighted by molar-refractivity contribution is -0.161. The Kier molecular flexibility index (Phi) is 70.2. The van der Waals surface area contributed by atoms with Crippen LogP contribution in [0.4, 0.5) is 0 Å². The lowest BCUT2D eigenvalue weighted by Crippen LogP contribution is -2.30. The van der Waals surface area contributed by atoms with E-state index in [4.69, 9.17) is 32.3 Å². The summed E-state index contributed by atoms with van der Waals surface area (Å²) in [6.07, 6.45) is 88.0. The number of phosphoric ester groups is 2. The molecule has 0 saturated heterocycles. The minimum atomic E-state index is -4.93. The van der Waals surface area contributed by atoms with Gasteiger partial charge in [0.1, 0.15) is 25.4 Å². The average Bonchev–Trinajstić information content (AvgIpc) is 1.15. The van der Waals surface area contributed by atoms with Crippen LogP contribution in [0, 0.1) is 0 Å². The normalized spacial score (nSPS) is 14.8. The molecule has 0 heterocycles. The van der Waals surface area contributed by atoms with Crippen molar-refractivity contribution in [1.82, 2.24) is 0 Å². The number of aliphatic hydroxyl groups is 2. The Bertz CT molecular complexity index is 2330. The summed E-state index contributed by atoms with van der Waals surface area (Å²) in [4.78, 5) is 58.5. The highest BCUT2D eigenvalue weighted by Gasteiger charge is 2.29. The minimum Gasteiger partial charge on any atom is -0.463 e. The molecule has 5 atom stereocenters. The van der Waals surface area contributed by atoms with Crippen LogP contribution in [-0.4, -0.2) is 95.9 Å². The van der Waals surface area contributed by atoms with E-state index in [2.05, 4.69) is 154 Å². The number of unbranched alkanes of at least 4 members (excludes halogenated alkanes) is 27. The summed E-state index contributed by atoms with van der Waals surface area (Å²) in [7, 11) is -9.79. The topological polar surface area (TPSA) is 231 Å². The van der Waals surface area contributed by atoms with E-state index in [0.717, 1.165) is 161 Å². The van der Waals surface area contributed by atoms with Gasteiger partial charge in [-0.15, -0.1) is 0 Å². The molecule has 0 saturated carbocycles. The van der Waals surface area contributed by atoms with Crippen LogP contribution in [0.1, 0.15) is 303 Å². The van der Waals surface area contributed by atoms with Crippen molar-refractivity contribution in [1.29, 1.82) is 0 Å². The Balaban J connectivity index is 4.51. The van der Waals surface area contributed by atoms with Gasteiger partial charge in [0.2, 0.25) is 0 Å². The SMILES string of the molecule is CC/C=C\C/C=C\C/C=C\C/C=C\C/C=C\C/C=C\CCCCCCCCC(=O)OCC(COP(=O)(O)OCC(O)COP(=O)(O)OCC(O)COC(=O)CCCCCCCCCCCCC/C=C\C/C=C\C/C=C\C/C=C\CCCCC)OC(=O)CCCCCCC/C=C\CCCC. The molecule has 0 radical (unpaired) electrons. The molecule has 0 fully saturated rings. The molecule has 99 heavy (non-hydrogen) atoms. The van der Waals surface area contributed by atoms with Gasteiger partial charge in [-0.1, -0.05) is 283 Å². The molecule has 0 amide bonds. The van der Waals surface area contributed by atoms with Crippen molar-refractivity contribution in [3.63, 3.8) is 0 Å². The third-order valence-corrected chi connectivity index (χ3v) is 17.7. The fourth-order valence-electron chi connectivity index (χ4n) is 9.95. The molecule has 0 aliphatic carbocycles. The predicted molar refractivity (Wildman–Crippen MR) is 408 cm³/mol. The number of phosphoric acid groups is 2. The van der Waals surface area contributed by atoms with E-state index in [1.54, 1.807) is 0 Å². The Morgan fingerprint density at radius 3 is 0.889 bits per heavy atom. The predicted octanol–water partition coefficient (Wildman–Crippen LogP) is 22.3. The summed E-state index contributed by atoms with van der Waals surface area (Å²) in [5.74, 6) is -1.61. The van der Waals surface area contributed by atoms with E-state index in [-0.39, 0.29) is 19.3 Å². The molecule has 568 valence electrons. The molecule has 0 aliphatic rings. The molecular formula is C81H138O16P2. The standard InChI is InChI=1S/C81H138O16P2/c1-4-7-10-13-16-19-22-24-26-28-30-32-34-36-37-39-41-42-44-46-48-50-53-55-58-61-64-67-79(84)91-70-76(82)71-93-98(87,88)94-72-77(83)73-95-99(89,90)96-75-78(97-81(86)69-66-63-60-57-52-21-18-15-12-9-6-3)74-92-80(85)68-65-62-59-56-54-51-49-47-45-43-40-38-35-33-31-29-27-25-23-20-17-14-11-8-5-2/h8,11,15-20,24-27,30-33,36-38,40,45,47,76-78,82-83H,4-7,9-10,12-14,21-23,28-29,34-35,39,41-44,46,48-75H2,1-3H3,(H,87,88)(H,89,90)/b11-8-,18-15-,19-16-,20-17-,26-24-,27-25-,32-30-,33-31-,37-36-,40-38-,47-45-. The first-order valence-electron chi connectivity index (χ1n) is 38.5. The van der Waals surface area contributed by atoms with Gasteiger partial charge in [0.15, 0.2) is 6.10 Å². The van der Waals surface area contributed by atoms with Crippen LogP contribution in [0.15, 0.2) is 134 Å². The fraction of sp³-hybridized carbons (Fsp3) is 0.691. The molecular weight excluding hydrogens is 1290 g/mol. The van der Waals surface area contributed by atoms with Gasteiger partial charge >= 0.3 is 33.6 Å². The van der Waals surface area contributed by atoms with Crippen LogP contribution in [0.25, 0.3) is 0 Å². The van der Waals surface area contributed by atoms with Crippen LogP contribution in [0.5, 0.6) is 0 Å². The van der Waals surface area contributed by atoms with Gasteiger partial charge in [0.05, 0.1) is 26.4 Å². The van der Waals surface area contributed by atoms with Gasteiger partial charge in [-0.25, -0.2) is 9.13 Å². The Hall–Kier alpha value is -4.31. The number of hydrogen-bond donors (Lipinski definition) is 4. The maximum atomic E-state index is 12.9. The van der Waals surface area contributed by atoms with Gasteiger partial charge in [-0.05, 0) is 135 Å². The number of esters is 3. The number of ether oxygens (including phenoxy) is 3. The van der Waals surface area contributed by atoms with Gasteiger partial charge in [-0.2, -0.15) is 0 Å². The first-order valence-corrected chi connectivity index (χ1v) is 41.5. The second-order valence-electron chi connectivity index (χ2n) is 25.4. The Morgan fingerprint density at radius 1 is 0.293 bits per heavy atom. The van der Waals surface area contributed by atoms with Crippen molar-refractivity contribution in [3.05, 3.63) is 134 Å². The molecule has 5 unspecified atom stereocenters. The highest BCUT2D eigenvalue weighted by Crippen LogP contribution is 2.45. The molecule has 0 aromatic heterocycles. The molecule has 4 N–H and O–H groups in total. The molecule has 0 bridgehead atoms. The largest absolute Gasteiger partial charge is 0.472 e. The molecule has 0 aromatic carbocycles. The van der Waals surface area contributed by atoms with Crippen LogP contribution in [-0.2, 0) is 55.8 Å². The van der Waals surface area contributed by atoms with Crippen molar-refractivity contribution in [2.24, 2.45) is 0 Å². The zero-order valence-electron chi connectivity index (χ0n) is 61.9. The maximum Gasteiger partial charge on any atom is 0.472 e. The lowest BCUT2D eigenvalue weighted by Gasteiger charge is -2.21. The second-order valence-corrected chi connectivity index (χ2v) is 28.3. The van der Waals surface area contributed by atoms with E-state index >= 15 is 0 Å². The smallest absolute Gasteiger partial charge is 0.463 e. The summed E-state index contributed by atoms with van der Waals surface area (Å²) in [6, 6.07) is 0. The van der Waals surface area contributed by atoms with E-state index < -0.39 is 91.5 Å². The highest BCUT2D eigenvalue weighted by molar-refractivity contribution is 7.47. The second kappa shape index (κ2) is 73.4. The van der Waals surface area contributed by atoms with Crippen LogP contribution in [0.3, 0.4) is 0 Å². The summed E-state index contributed by atoms with van der Waals surface area (Å²) >= 11 is 0. The van der Waals surface area contributed by atoms with Crippen LogP contribution >= 0.6 is 15.6 Å². The van der Waals surface area contributed by atoms with Crippen molar-refractivity contribution >= 4 is 33.6 Å².